The maximum atomic E-state index is 12.8. The number of hydrogen-bond acceptors (Lipinski definition) is 7. The quantitative estimate of drug-likeness (QED) is 0.679. The third kappa shape index (κ3) is 3.87. The van der Waals surface area contributed by atoms with Crippen molar-refractivity contribution in [1.29, 1.82) is 0 Å². The van der Waals surface area contributed by atoms with E-state index in [-0.39, 0.29) is 5.91 Å². The molecular formula is C16H19N7O2. The number of nitrogens with zero attached hydrogens (tertiary/aromatic N) is 6. The summed E-state index contributed by atoms with van der Waals surface area (Å²) in [6, 6.07) is 8.75. The Morgan fingerprint density at radius 2 is 2.12 bits per heavy atom. The minimum absolute atomic E-state index is 0.197. The van der Waals surface area contributed by atoms with E-state index in [1.54, 1.807) is 6.92 Å². The summed E-state index contributed by atoms with van der Waals surface area (Å²) in [5, 5.41) is 18.2. The molecule has 0 saturated heterocycles. The number of tetrazole rings is 1. The molecule has 9 nitrogen and oxygen atoms in total. The third-order valence-corrected chi connectivity index (χ3v) is 3.73. The fourth-order valence-electron chi connectivity index (χ4n) is 2.44. The molecule has 3 aromatic rings. The Kier molecular flexibility index (Phi) is 5.12. The molecule has 130 valence electrons. The Balaban J connectivity index is 1.70. The first-order valence-electron chi connectivity index (χ1n) is 8.07. The molecule has 9 heteroatoms. The average Bonchev–Trinajstić information content (AvgIpc) is 3.26. The van der Waals surface area contributed by atoms with Gasteiger partial charge in [0.25, 0.3) is 0 Å². The molecule has 25 heavy (non-hydrogen) atoms. The van der Waals surface area contributed by atoms with Gasteiger partial charge in [-0.2, -0.15) is 4.98 Å². The highest BCUT2D eigenvalue weighted by Crippen LogP contribution is 2.18. The number of hydrogen-bond donors (Lipinski definition) is 1. The van der Waals surface area contributed by atoms with E-state index in [0.29, 0.717) is 36.9 Å². The number of nitrogens with one attached hydrogen (secondary N) is 1. The van der Waals surface area contributed by atoms with E-state index < -0.39 is 6.04 Å². The van der Waals surface area contributed by atoms with Gasteiger partial charge in [0.05, 0.1) is 0 Å². The standard InChI is InChI=1S/C16H19N7O2/c1-3-13-18-14(25-20-13)9-10-17-16(24)15(12-7-5-4-6-8-12)23-11(2)19-21-22-23/h4-8,15H,3,9-10H2,1-2H3,(H,17,24). The number of aromatic nitrogens is 6. The minimum Gasteiger partial charge on any atom is -0.353 e. The Morgan fingerprint density at radius 3 is 2.76 bits per heavy atom. The third-order valence-electron chi connectivity index (χ3n) is 3.73. The molecule has 1 N–H and O–H groups in total. The summed E-state index contributed by atoms with van der Waals surface area (Å²) < 4.78 is 6.63. The van der Waals surface area contributed by atoms with Crippen LogP contribution in [0.5, 0.6) is 0 Å². The summed E-state index contributed by atoms with van der Waals surface area (Å²) in [5.41, 5.74) is 0.807. The van der Waals surface area contributed by atoms with Gasteiger partial charge in [0.1, 0.15) is 5.82 Å². The molecule has 1 atom stereocenters. The van der Waals surface area contributed by atoms with Gasteiger partial charge in [-0.05, 0) is 22.9 Å². The van der Waals surface area contributed by atoms with Gasteiger partial charge in [0.15, 0.2) is 11.9 Å². The van der Waals surface area contributed by atoms with Crippen LogP contribution >= 0.6 is 0 Å². The zero-order valence-corrected chi connectivity index (χ0v) is 14.1. The highest BCUT2D eigenvalue weighted by Gasteiger charge is 2.25. The number of benzene rings is 1. The summed E-state index contributed by atoms with van der Waals surface area (Å²) >= 11 is 0. The van der Waals surface area contributed by atoms with Gasteiger partial charge in [-0.25, -0.2) is 4.68 Å². The normalized spacial score (nSPS) is 12.1. The van der Waals surface area contributed by atoms with Crippen molar-refractivity contribution in [3.8, 4) is 0 Å². The summed E-state index contributed by atoms with van der Waals surface area (Å²) in [4.78, 5) is 17.0. The fourth-order valence-corrected chi connectivity index (χ4v) is 2.44. The Hall–Kier alpha value is -3.10. The number of carbonyl (C=O) groups excluding carboxylic acids is 1. The summed E-state index contributed by atoms with van der Waals surface area (Å²) in [6.07, 6.45) is 1.18. The molecule has 0 radical (unpaired) electrons. The second-order valence-corrected chi connectivity index (χ2v) is 5.48. The lowest BCUT2D eigenvalue weighted by atomic mass is 10.1. The van der Waals surface area contributed by atoms with Gasteiger partial charge in [-0.1, -0.05) is 42.4 Å². The molecule has 3 rings (SSSR count). The molecule has 0 bridgehead atoms. The number of aryl methyl sites for hydroxylation is 2. The van der Waals surface area contributed by atoms with Crippen LogP contribution in [0.3, 0.4) is 0 Å². The van der Waals surface area contributed by atoms with Crippen molar-refractivity contribution < 1.29 is 9.32 Å². The average molecular weight is 341 g/mol. The lowest BCUT2D eigenvalue weighted by Gasteiger charge is -2.17. The van der Waals surface area contributed by atoms with Gasteiger partial charge in [-0.15, -0.1) is 5.10 Å². The van der Waals surface area contributed by atoms with Crippen molar-refractivity contribution >= 4 is 5.91 Å². The molecular weight excluding hydrogens is 322 g/mol. The van der Waals surface area contributed by atoms with E-state index in [0.717, 1.165) is 5.56 Å². The predicted octanol–water partition coefficient (Wildman–Crippen LogP) is 0.875. The van der Waals surface area contributed by atoms with Crippen molar-refractivity contribution in [1.82, 2.24) is 35.7 Å². The maximum absolute atomic E-state index is 12.8. The van der Waals surface area contributed by atoms with Crippen LogP contribution in [-0.2, 0) is 17.6 Å². The molecule has 0 fully saturated rings. The van der Waals surface area contributed by atoms with Crippen LogP contribution < -0.4 is 5.32 Å². The van der Waals surface area contributed by atoms with Gasteiger partial charge in [0, 0.05) is 19.4 Å². The van der Waals surface area contributed by atoms with Gasteiger partial charge >= 0.3 is 0 Å². The van der Waals surface area contributed by atoms with Gasteiger partial charge in [0.2, 0.25) is 11.8 Å². The maximum Gasteiger partial charge on any atom is 0.249 e. The molecule has 2 heterocycles. The minimum atomic E-state index is -0.634. The zero-order valence-electron chi connectivity index (χ0n) is 14.1. The monoisotopic (exact) mass is 341 g/mol. The second kappa shape index (κ2) is 7.65. The van der Waals surface area contributed by atoms with Gasteiger partial charge < -0.3 is 9.84 Å². The summed E-state index contributed by atoms with van der Waals surface area (Å²) in [7, 11) is 0. The number of rotatable bonds is 7. The highest BCUT2D eigenvalue weighted by molar-refractivity contribution is 5.83. The van der Waals surface area contributed by atoms with E-state index in [9.17, 15) is 4.79 Å². The molecule has 0 aliphatic heterocycles. The van der Waals surface area contributed by atoms with E-state index in [4.69, 9.17) is 4.52 Å². The van der Waals surface area contributed by atoms with Gasteiger partial charge in [-0.3, -0.25) is 4.79 Å². The molecule has 2 aromatic heterocycles. The van der Waals surface area contributed by atoms with Crippen LogP contribution in [0.4, 0.5) is 0 Å². The van der Waals surface area contributed by atoms with Crippen LogP contribution in [-0.4, -0.2) is 42.8 Å². The van der Waals surface area contributed by atoms with Crippen molar-refractivity contribution in [2.24, 2.45) is 0 Å². The van der Waals surface area contributed by atoms with E-state index in [1.165, 1.54) is 4.68 Å². The topological polar surface area (TPSA) is 112 Å². The summed E-state index contributed by atoms with van der Waals surface area (Å²) in [5.74, 6) is 1.53. The van der Waals surface area contributed by atoms with Crippen LogP contribution in [0.2, 0.25) is 0 Å². The van der Waals surface area contributed by atoms with Crippen molar-refractivity contribution in [2.75, 3.05) is 6.54 Å². The molecule has 0 spiro atoms. The highest BCUT2D eigenvalue weighted by atomic mass is 16.5. The Morgan fingerprint density at radius 1 is 1.32 bits per heavy atom. The van der Waals surface area contributed by atoms with Crippen LogP contribution in [0, 0.1) is 6.92 Å². The molecule has 0 aliphatic carbocycles. The van der Waals surface area contributed by atoms with Crippen molar-refractivity contribution in [3.63, 3.8) is 0 Å². The van der Waals surface area contributed by atoms with Crippen LogP contribution in [0.25, 0.3) is 0 Å². The molecule has 1 aromatic carbocycles. The van der Waals surface area contributed by atoms with E-state index in [2.05, 4.69) is 31.0 Å². The lowest BCUT2D eigenvalue weighted by Crippen LogP contribution is -2.35. The molecule has 1 amide bonds. The first-order valence-corrected chi connectivity index (χ1v) is 8.07. The smallest absolute Gasteiger partial charge is 0.249 e. The predicted molar refractivity (Wildman–Crippen MR) is 87.5 cm³/mol. The first kappa shape index (κ1) is 16.7. The van der Waals surface area contributed by atoms with Crippen LogP contribution in [0.15, 0.2) is 34.9 Å². The Labute approximate surface area is 144 Å². The molecule has 1 unspecified atom stereocenters. The number of carbonyl (C=O) groups is 1. The largest absolute Gasteiger partial charge is 0.353 e. The number of amides is 1. The zero-order chi connectivity index (χ0) is 17.6. The fraction of sp³-hybridized carbons (Fsp3) is 0.375. The molecule has 0 saturated carbocycles. The Bertz CT molecular complexity index is 828. The van der Waals surface area contributed by atoms with E-state index >= 15 is 0 Å². The first-order chi connectivity index (χ1) is 12.2. The summed E-state index contributed by atoms with van der Waals surface area (Å²) in [6.45, 7) is 4.10. The van der Waals surface area contributed by atoms with Crippen LogP contribution in [0.1, 0.15) is 36.1 Å². The SMILES string of the molecule is CCc1noc(CCNC(=O)C(c2ccccc2)n2nnnc2C)n1. The van der Waals surface area contributed by atoms with E-state index in [1.807, 2.05) is 37.3 Å². The van der Waals surface area contributed by atoms with Crippen molar-refractivity contribution in [2.45, 2.75) is 32.7 Å². The second-order valence-electron chi connectivity index (χ2n) is 5.48. The lowest BCUT2D eigenvalue weighted by molar-refractivity contribution is -0.123. The molecule has 0 aliphatic rings. The van der Waals surface area contributed by atoms with Crippen molar-refractivity contribution in [3.05, 3.63) is 53.4 Å².